The van der Waals surface area contributed by atoms with Crippen molar-refractivity contribution in [1.29, 1.82) is 0 Å². The lowest BCUT2D eigenvalue weighted by Gasteiger charge is -2.28. The molecule has 2 N–H and O–H groups in total. The molecule has 0 aliphatic heterocycles. The van der Waals surface area contributed by atoms with Crippen LogP contribution in [0.5, 0.6) is 11.5 Å². The number of hydrogen-bond acceptors (Lipinski definition) is 5. The van der Waals surface area contributed by atoms with E-state index in [1.807, 2.05) is 32.0 Å². The van der Waals surface area contributed by atoms with Gasteiger partial charge in [0.05, 0.1) is 13.2 Å². The lowest BCUT2D eigenvalue weighted by atomic mass is 9.97. The second kappa shape index (κ2) is 10.4. The molecule has 0 unspecified atom stereocenters. The van der Waals surface area contributed by atoms with Crippen molar-refractivity contribution in [3.63, 3.8) is 0 Å². The van der Waals surface area contributed by atoms with Crippen LogP contribution in [0.3, 0.4) is 0 Å². The van der Waals surface area contributed by atoms with Crippen molar-refractivity contribution in [2.75, 3.05) is 27.3 Å². The Morgan fingerprint density at radius 1 is 1.31 bits per heavy atom. The first-order chi connectivity index (χ1) is 12.3. The topological polar surface area (TPSA) is 71.0 Å². The van der Waals surface area contributed by atoms with Gasteiger partial charge < -0.3 is 24.8 Å². The molecule has 2 atom stereocenters. The predicted octanol–water partition coefficient (Wildman–Crippen LogP) is 2.58. The van der Waals surface area contributed by atoms with E-state index in [9.17, 15) is 9.90 Å². The zero-order chi connectivity index (χ0) is 19.7. The number of benzene rings is 1. The Bertz CT molecular complexity index is 577. The summed E-state index contributed by atoms with van der Waals surface area (Å²) < 4.78 is 11.5. The third-order valence-electron chi connectivity index (χ3n) is 4.27. The Balaban J connectivity index is 2.89. The lowest BCUT2D eigenvalue weighted by Crippen LogP contribution is -2.45. The van der Waals surface area contributed by atoms with Gasteiger partial charge in [0.2, 0.25) is 0 Å². The number of amides is 1. The minimum Gasteiger partial charge on any atom is -0.490 e. The van der Waals surface area contributed by atoms with Crippen molar-refractivity contribution in [1.82, 2.24) is 10.2 Å². The quantitative estimate of drug-likeness (QED) is 0.630. The van der Waals surface area contributed by atoms with Crippen molar-refractivity contribution in [2.45, 2.75) is 58.7 Å². The molecule has 0 aromatic heterocycles. The van der Waals surface area contributed by atoms with Crippen LogP contribution in [0.2, 0.25) is 0 Å². The van der Waals surface area contributed by atoms with Gasteiger partial charge in [0.25, 0.3) is 5.91 Å². The summed E-state index contributed by atoms with van der Waals surface area (Å²) in [7, 11) is 3.41. The number of carbonyl (C=O) groups excluding carboxylic acids is 1. The summed E-state index contributed by atoms with van der Waals surface area (Å²) in [6.07, 6.45) is 1.31. The van der Waals surface area contributed by atoms with Crippen molar-refractivity contribution in [3.8, 4) is 11.5 Å². The molecule has 0 fully saturated rings. The van der Waals surface area contributed by atoms with Gasteiger partial charge in [0.1, 0.15) is 0 Å². The predicted molar refractivity (Wildman–Crippen MR) is 104 cm³/mol. The largest absolute Gasteiger partial charge is 0.490 e. The summed E-state index contributed by atoms with van der Waals surface area (Å²) in [6, 6.07) is 5.70. The third-order valence-corrected chi connectivity index (χ3v) is 4.27. The molecular weight excluding hydrogens is 332 g/mol. The second-order valence-electron chi connectivity index (χ2n) is 7.03. The van der Waals surface area contributed by atoms with Gasteiger partial charge in [-0.25, -0.2) is 0 Å². The van der Waals surface area contributed by atoms with Gasteiger partial charge >= 0.3 is 0 Å². The summed E-state index contributed by atoms with van der Waals surface area (Å²) in [4.78, 5) is 13.5. The first-order valence-corrected chi connectivity index (χ1v) is 9.25. The fourth-order valence-corrected chi connectivity index (χ4v) is 2.72. The molecule has 148 valence electrons. The first kappa shape index (κ1) is 22.3. The van der Waals surface area contributed by atoms with Crippen molar-refractivity contribution in [2.24, 2.45) is 0 Å². The molecule has 0 aliphatic rings. The third kappa shape index (κ3) is 6.50. The van der Waals surface area contributed by atoms with Gasteiger partial charge in [-0.05, 0) is 44.9 Å². The number of rotatable bonds is 11. The van der Waals surface area contributed by atoms with Crippen LogP contribution in [0.25, 0.3) is 0 Å². The number of aliphatic hydroxyl groups is 1. The normalized spacial score (nSPS) is 14.4. The van der Waals surface area contributed by atoms with Crippen LogP contribution in [0.1, 0.15) is 46.1 Å². The average Bonchev–Trinajstić information content (AvgIpc) is 2.61. The standard InChI is InChI=1S/C20H34N2O4/c1-7-11-20(4,14-23)21-13-16-9-10-17(18(12-16)25-8-2)26-15(3)19(24)22(5)6/h9-10,12,15,21,23H,7-8,11,13-14H2,1-6H3/t15-,20-/m0/s1. The number of ether oxygens (including phenoxy) is 2. The van der Waals surface area contributed by atoms with Crippen LogP contribution in [0, 0.1) is 0 Å². The maximum Gasteiger partial charge on any atom is 0.262 e. The molecule has 6 heteroatoms. The Morgan fingerprint density at radius 3 is 2.54 bits per heavy atom. The smallest absolute Gasteiger partial charge is 0.262 e. The highest BCUT2D eigenvalue weighted by molar-refractivity contribution is 5.80. The van der Waals surface area contributed by atoms with Crippen LogP contribution < -0.4 is 14.8 Å². The SMILES string of the molecule is CCC[C@@](C)(CO)NCc1ccc(O[C@@H](C)C(=O)N(C)C)c(OCC)c1. The van der Waals surface area contributed by atoms with Gasteiger partial charge in [-0.1, -0.05) is 19.4 Å². The molecule has 1 rings (SSSR count). The van der Waals surface area contributed by atoms with E-state index < -0.39 is 6.10 Å². The van der Waals surface area contributed by atoms with Crippen LogP contribution in [0.15, 0.2) is 18.2 Å². The van der Waals surface area contributed by atoms with Crippen molar-refractivity contribution < 1.29 is 19.4 Å². The van der Waals surface area contributed by atoms with E-state index in [4.69, 9.17) is 9.47 Å². The van der Waals surface area contributed by atoms with Gasteiger partial charge in [-0.15, -0.1) is 0 Å². The highest BCUT2D eigenvalue weighted by Crippen LogP contribution is 2.30. The number of carbonyl (C=O) groups is 1. The van der Waals surface area contributed by atoms with E-state index in [0.29, 0.717) is 24.7 Å². The molecule has 6 nitrogen and oxygen atoms in total. The fraction of sp³-hybridized carbons (Fsp3) is 0.650. The molecule has 0 saturated heterocycles. The number of hydrogen-bond donors (Lipinski definition) is 2. The van der Waals surface area contributed by atoms with Crippen LogP contribution in [0.4, 0.5) is 0 Å². The Labute approximate surface area is 157 Å². The van der Waals surface area contributed by atoms with E-state index in [2.05, 4.69) is 12.2 Å². The van der Waals surface area contributed by atoms with Gasteiger partial charge in [0.15, 0.2) is 17.6 Å². The highest BCUT2D eigenvalue weighted by atomic mass is 16.5. The molecule has 26 heavy (non-hydrogen) atoms. The molecule has 0 bridgehead atoms. The van der Waals surface area contributed by atoms with E-state index >= 15 is 0 Å². The second-order valence-corrected chi connectivity index (χ2v) is 7.03. The van der Waals surface area contributed by atoms with Crippen LogP contribution >= 0.6 is 0 Å². The monoisotopic (exact) mass is 366 g/mol. The van der Waals surface area contributed by atoms with Gasteiger partial charge in [-0.2, -0.15) is 0 Å². The summed E-state index contributed by atoms with van der Waals surface area (Å²) in [5, 5.41) is 13.0. The van der Waals surface area contributed by atoms with E-state index in [-0.39, 0.29) is 18.1 Å². The summed E-state index contributed by atoms with van der Waals surface area (Å²) >= 11 is 0. The molecular formula is C20H34N2O4. The molecule has 0 heterocycles. The Kier molecular flexibility index (Phi) is 8.88. The summed E-state index contributed by atoms with van der Waals surface area (Å²) in [5.41, 5.74) is 0.727. The minimum atomic E-state index is -0.588. The van der Waals surface area contributed by atoms with E-state index in [1.54, 1.807) is 21.0 Å². The number of nitrogens with one attached hydrogen (secondary N) is 1. The van der Waals surface area contributed by atoms with Crippen molar-refractivity contribution in [3.05, 3.63) is 23.8 Å². The molecule has 1 aromatic rings. The Hall–Kier alpha value is -1.79. The first-order valence-electron chi connectivity index (χ1n) is 9.25. The lowest BCUT2D eigenvalue weighted by molar-refractivity contribution is -0.135. The van der Waals surface area contributed by atoms with Gasteiger partial charge in [-0.3, -0.25) is 4.79 Å². The summed E-state index contributed by atoms with van der Waals surface area (Å²) in [5.74, 6) is 1.07. The fourth-order valence-electron chi connectivity index (χ4n) is 2.72. The van der Waals surface area contributed by atoms with Crippen LogP contribution in [-0.2, 0) is 11.3 Å². The zero-order valence-electron chi connectivity index (χ0n) is 17.0. The average molecular weight is 367 g/mol. The molecule has 1 amide bonds. The highest BCUT2D eigenvalue weighted by Gasteiger charge is 2.22. The maximum absolute atomic E-state index is 12.0. The Morgan fingerprint density at radius 2 is 2.00 bits per heavy atom. The van der Waals surface area contributed by atoms with Crippen molar-refractivity contribution >= 4 is 5.91 Å². The molecule has 0 spiro atoms. The summed E-state index contributed by atoms with van der Waals surface area (Å²) in [6.45, 7) is 8.97. The number of aliphatic hydroxyl groups excluding tert-OH is 1. The van der Waals surface area contributed by atoms with Gasteiger partial charge in [0, 0.05) is 26.2 Å². The van der Waals surface area contributed by atoms with E-state index in [0.717, 1.165) is 18.4 Å². The maximum atomic E-state index is 12.0. The van der Waals surface area contributed by atoms with E-state index in [1.165, 1.54) is 4.90 Å². The number of nitrogens with zero attached hydrogens (tertiary/aromatic N) is 1. The van der Waals surface area contributed by atoms with Crippen LogP contribution in [-0.4, -0.2) is 54.9 Å². The molecule has 0 saturated carbocycles. The number of likely N-dealkylation sites (N-methyl/N-ethyl adjacent to an activating group) is 1. The molecule has 1 aromatic carbocycles. The minimum absolute atomic E-state index is 0.0878. The zero-order valence-corrected chi connectivity index (χ0v) is 17.0. The molecule has 0 aliphatic carbocycles. The molecule has 0 radical (unpaired) electrons.